The van der Waals surface area contributed by atoms with Gasteiger partial charge < -0.3 is 4.90 Å². The fraction of sp³-hybridized carbons (Fsp3) is 0.846. The highest BCUT2D eigenvalue weighted by Crippen LogP contribution is 2.09. The van der Waals surface area contributed by atoms with Crippen LogP contribution in [0.2, 0.25) is 0 Å². The molecular formula is C13H26NO. The Balaban J connectivity index is 3.08. The van der Waals surface area contributed by atoms with E-state index in [0.717, 1.165) is 12.8 Å². The predicted octanol–water partition coefficient (Wildman–Crippen LogP) is 3.42. The highest BCUT2D eigenvalue weighted by atomic mass is 16.2. The summed E-state index contributed by atoms with van der Waals surface area (Å²) in [6.07, 6.45) is 10.5. The molecule has 2 nitrogen and oxygen atoms in total. The first-order chi connectivity index (χ1) is 7.18. The van der Waals surface area contributed by atoms with Crippen molar-refractivity contribution in [2.24, 2.45) is 0 Å². The lowest BCUT2D eigenvalue weighted by molar-refractivity contribution is -0.128. The molecule has 0 atom stereocenters. The topological polar surface area (TPSA) is 20.3 Å². The zero-order valence-corrected chi connectivity index (χ0v) is 10.4. The molecule has 0 aromatic carbocycles. The van der Waals surface area contributed by atoms with Crippen molar-refractivity contribution in [3.8, 4) is 0 Å². The Hall–Kier alpha value is -0.530. The monoisotopic (exact) mass is 212 g/mol. The maximum absolute atomic E-state index is 11.2. The maximum atomic E-state index is 11.2. The lowest BCUT2D eigenvalue weighted by atomic mass is 10.1. The van der Waals surface area contributed by atoms with Crippen LogP contribution in [0, 0.1) is 6.92 Å². The molecule has 15 heavy (non-hydrogen) atoms. The third kappa shape index (κ3) is 9.77. The molecule has 0 heterocycles. The van der Waals surface area contributed by atoms with Crippen LogP contribution >= 0.6 is 0 Å². The van der Waals surface area contributed by atoms with Gasteiger partial charge in [0.25, 0.3) is 0 Å². The van der Waals surface area contributed by atoms with Gasteiger partial charge in [-0.05, 0) is 6.42 Å². The highest BCUT2D eigenvalue weighted by molar-refractivity contribution is 5.75. The Morgan fingerprint density at radius 1 is 0.933 bits per heavy atom. The summed E-state index contributed by atoms with van der Waals surface area (Å²) in [6.45, 7) is 3.83. The Morgan fingerprint density at radius 3 is 1.87 bits per heavy atom. The molecule has 0 unspecified atom stereocenters. The van der Waals surface area contributed by atoms with Gasteiger partial charge >= 0.3 is 0 Å². The molecule has 0 aliphatic rings. The number of unbranched alkanes of at least 4 members (excludes halogenated alkanes) is 7. The summed E-state index contributed by atoms with van der Waals surface area (Å²) < 4.78 is 0. The zero-order valence-electron chi connectivity index (χ0n) is 10.4. The van der Waals surface area contributed by atoms with Crippen molar-refractivity contribution in [3.05, 3.63) is 6.92 Å². The van der Waals surface area contributed by atoms with Crippen molar-refractivity contribution in [1.29, 1.82) is 0 Å². The van der Waals surface area contributed by atoms with Crippen LogP contribution in [0.3, 0.4) is 0 Å². The van der Waals surface area contributed by atoms with Gasteiger partial charge in [-0.3, -0.25) is 4.79 Å². The maximum Gasteiger partial charge on any atom is 0.222 e. The van der Waals surface area contributed by atoms with Gasteiger partial charge in [-0.2, -0.15) is 0 Å². The van der Waals surface area contributed by atoms with Crippen molar-refractivity contribution in [3.63, 3.8) is 0 Å². The minimum atomic E-state index is 0.257. The normalized spacial score (nSPS) is 10.3. The van der Waals surface area contributed by atoms with Crippen LogP contribution in [0.1, 0.15) is 57.8 Å². The molecule has 1 amide bonds. The van der Waals surface area contributed by atoms with Crippen LogP contribution in [-0.4, -0.2) is 24.9 Å². The van der Waals surface area contributed by atoms with Gasteiger partial charge in [0.2, 0.25) is 5.91 Å². The van der Waals surface area contributed by atoms with E-state index in [1.807, 2.05) is 14.1 Å². The highest BCUT2D eigenvalue weighted by Gasteiger charge is 2.02. The van der Waals surface area contributed by atoms with Gasteiger partial charge in [0, 0.05) is 20.5 Å². The number of nitrogens with zero attached hydrogens (tertiary/aromatic N) is 1. The summed E-state index contributed by atoms with van der Waals surface area (Å²) in [4.78, 5) is 12.9. The fourth-order valence-corrected chi connectivity index (χ4v) is 1.56. The quantitative estimate of drug-likeness (QED) is 0.536. The summed E-state index contributed by atoms with van der Waals surface area (Å²) in [7, 11) is 3.64. The SMILES string of the molecule is [CH2]CCCCCCCCCC(=O)N(C)C. The Kier molecular flexibility index (Phi) is 9.65. The molecule has 0 aromatic heterocycles. The van der Waals surface area contributed by atoms with Crippen molar-refractivity contribution in [2.45, 2.75) is 57.8 Å². The standard InChI is InChI=1S/C13H26NO/c1-4-5-6-7-8-9-10-11-12-13(15)14(2)3/h1,4-12H2,2-3H3. The summed E-state index contributed by atoms with van der Waals surface area (Å²) in [5.74, 6) is 0.257. The van der Waals surface area contributed by atoms with E-state index >= 15 is 0 Å². The van der Waals surface area contributed by atoms with Crippen LogP contribution in [0.4, 0.5) is 0 Å². The van der Waals surface area contributed by atoms with Crippen LogP contribution in [-0.2, 0) is 4.79 Å². The van der Waals surface area contributed by atoms with Gasteiger partial charge in [-0.1, -0.05) is 51.9 Å². The second kappa shape index (κ2) is 10.0. The average molecular weight is 212 g/mol. The number of hydrogen-bond acceptors (Lipinski definition) is 1. The van der Waals surface area contributed by atoms with Gasteiger partial charge in [0.05, 0.1) is 0 Å². The first-order valence-electron chi connectivity index (χ1n) is 6.18. The summed E-state index contributed by atoms with van der Waals surface area (Å²) in [5, 5.41) is 0. The molecule has 0 saturated carbocycles. The lowest BCUT2D eigenvalue weighted by Gasteiger charge is -2.09. The third-order valence-corrected chi connectivity index (χ3v) is 2.64. The van der Waals surface area contributed by atoms with Gasteiger partial charge in [-0.25, -0.2) is 0 Å². The summed E-state index contributed by atoms with van der Waals surface area (Å²) >= 11 is 0. The molecule has 0 bridgehead atoms. The van der Waals surface area contributed by atoms with E-state index < -0.39 is 0 Å². The van der Waals surface area contributed by atoms with Crippen molar-refractivity contribution >= 4 is 5.91 Å². The Morgan fingerprint density at radius 2 is 1.40 bits per heavy atom. The first kappa shape index (κ1) is 14.5. The summed E-state index contributed by atoms with van der Waals surface area (Å²) in [6, 6.07) is 0. The minimum Gasteiger partial charge on any atom is -0.349 e. The first-order valence-corrected chi connectivity index (χ1v) is 6.18. The van der Waals surface area contributed by atoms with Gasteiger partial charge in [0.1, 0.15) is 0 Å². The molecule has 0 aliphatic carbocycles. The van der Waals surface area contributed by atoms with E-state index in [9.17, 15) is 4.79 Å². The molecule has 0 N–H and O–H groups in total. The van der Waals surface area contributed by atoms with Crippen molar-refractivity contribution in [1.82, 2.24) is 4.90 Å². The van der Waals surface area contributed by atoms with E-state index in [1.54, 1.807) is 4.90 Å². The average Bonchev–Trinajstić information content (AvgIpc) is 2.21. The van der Waals surface area contributed by atoms with Crippen LogP contribution in [0.25, 0.3) is 0 Å². The molecular weight excluding hydrogens is 186 g/mol. The minimum absolute atomic E-state index is 0.257. The van der Waals surface area contributed by atoms with E-state index in [4.69, 9.17) is 0 Å². The third-order valence-electron chi connectivity index (χ3n) is 2.64. The fourth-order valence-electron chi connectivity index (χ4n) is 1.56. The second-order valence-electron chi connectivity index (χ2n) is 4.37. The number of carbonyl (C=O) groups excluding carboxylic acids is 1. The number of rotatable bonds is 9. The Labute approximate surface area is 95.0 Å². The van der Waals surface area contributed by atoms with Crippen molar-refractivity contribution < 1.29 is 4.79 Å². The van der Waals surface area contributed by atoms with Gasteiger partial charge in [-0.15, -0.1) is 0 Å². The van der Waals surface area contributed by atoms with E-state index in [-0.39, 0.29) is 5.91 Å². The van der Waals surface area contributed by atoms with Crippen molar-refractivity contribution in [2.75, 3.05) is 14.1 Å². The van der Waals surface area contributed by atoms with Crippen LogP contribution in [0.5, 0.6) is 0 Å². The number of carbonyl (C=O) groups is 1. The molecule has 1 radical (unpaired) electrons. The molecule has 0 fully saturated rings. The van der Waals surface area contributed by atoms with Gasteiger partial charge in [0.15, 0.2) is 0 Å². The lowest BCUT2D eigenvalue weighted by Crippen LogP contribution is -2.20. The zero-order chi connectivity index (χ0) is 11.5. The Bertz CT molecular complexity index is 155. The molecule has 0 aliphatic heterocycles. The van der Waals surface area contributed by atoms with Crippen LogP contribution < -0.4 is 0 Å². The second-order valence-corrected chi connectivity index (χ2v) is 4.37. The van der Waals surface area contributed by atoms with Crippen LogP contribution in [0.15, 0.2) is 0 Å². The van der Waals surface area contributed by atoms with E-state index in [0.29, 0.717) is 6.42 Å². The molecule has 89 valence electrons. The molecule has 2 heteroatoms. The molecule has 0 aromatic rings. The summed E-state index contributed by atoms with van der Waals surface area (Å²) in [5.41, 5.74) is 0. The number of hydrogen-bond donors (Lipinski definition) is 0. The largest absolute Gasteiger partial charge is 0.349 e. The van der Waals surface area contributed by atoms with E-state index in [2.05, 4.69) is 6.92 Å². The smallest absolute Gasteiger partial charge is 0.222 e. The molecule has 0 saturated heterocycles. The molecule has 0 rings (SSSR count). The van der Waals surface area contributed by atoms with E-state index in [1.165, 1.54) is 38.5 Å². The molecule has 0 spiro atoms. The predicted molar refractivity (Wildman–Crippen MR) is 65.6 cm³/mol. The number of amides is 1.